The number of nitrogen functional groups attached to an aromatic ring is 1. The molecule has 3 rings (SSSR count). The van der Waals surface area contributed by atoms with Crippen LogP contribution in [0.4, 0.5) is 5.69 Å². The van der Waals surface area contributed by atoms with Crippen LogP contribution >= 0.6 is 11.6 Å². The van der Waals surface area contributed by atoms with Crippen LogP contribution in [0, 0.1) is 0 Å². The van der Waals surface area contributed by atoms with Gasteiger partial charge in [-0.2, -0.15) is 0 Å². The lowest BCUT2D eigenvalue weighted by atomic mass is 10.1. The lowest BCUT2D eigenvalue weighted by molar-refractivity contribution is 0.0733. The first-order valence-electron chi connectivity index (χ1n) is 6.56. The summed E-state index contributed by atoms with van der Waals surface area (Å²) in [4.78, 5) is 18.2. The number of pyridine rings is 1. The molecular formula is C15H14ClN3O2. The van der Waals surface area contributed by atoms with Gasteiger partial charge in [-0.15, -0.1) is 0 Å². The molecular weight excluding hydrogens is 290 g/mol. The third kappa shape index (κ3) is 2.78. The number of nitrogens with zero attached hydrogens (tertiary/aromatic N) is 2. The lowest BCUT2D eigenvalue weighted by Crippen LogP contribution is -2.32. The highest BCUT2D eigenvalue weighted by Crippen LogP contribution is 2.25. The van der Waals surface area contributed by atoms with E-state index in [1.165, 1.54) is 6.20 Å². The summed E-state index contributed by atoms with van der Waals surface area (Å²) in [6.45, 7) is 1.40. The number of anilines is 1. The number of carbonyl (C=O) groups is 1. The van der Waals surface area contributed by atoms with Gasteiger partial charge in [0, 0.05) is 12.1 Å². The normalized spacial score (nSPS) is 14.0. The monoisotopic (exact) mass is 303 g/mol. The summed E-state index contributed by atoms with van der Waals surface area (Å²) in [5, 5.41) is 0.160. The Morgan fingerprint density at radius 3 is 3.05 bits per heavy atom. The average Bonchev–Trinajstić information content (AvgIpc) is 2.71. The van der Waals surface area contributed by atoms with Crippen LogP contribution in [0.2, 0.25) is 5.15 Å². The van der Waals surface area contributed by atoms with Gasteiger partial charge in [0.2, 0.25) is 0 Å². The zero-order valence-electron chi connectivity index (χ0n) is 11.3. The zero-order valence-corrected chi connectivity index (χ0v) is 12.0. The molecule has 1 amide bonds. The van der Waals surface area contributed by atoms with Crippen molar-refractivity contribution in [2.75, 3.05) is 18.9 Å². The van der Waals surface area contributed by atoms with Crippen LogP contribution in [-0.2, 0) is 6.54 Å². The largest absolute Gasteiger partial charge is 0.491 e. The maximum atomic E-state index is 12.6. The van der Waals surface area contributed by atoms with E-state index < -0.39 is 0 Å². The molecule has 0 atom stereocenters. The van der Waals surface area contributed by atoms with E-state index >= 15 is 0 Å². The summed E-state index contributed by atoms with van der Waals surface area (Å²) >= 11 is 6.01. The number of hydrogen-bond donors (Lipinski definition) is 1. The Bertz CT molecular complexity index is 690. The van der Waals surface area contributed by atoms with Crippen molar-refractivity contribution in [1.29, 1.82) is 0 Å². The molecule has 0 radical (unpaired) electrons. The Balaban J connectivity index is 1.90. The third-order valence-electron chi connectivity index (χ3n) is 3.33. The van der Waals surface area contributed by atoms with Gasteiger partial charge in [-0.25, -0.2) is 4.98 Å². The summed E-state index contributed by atoms with van der Waals surface area (Å²) in [6.07, 6.45) is 1.43. The molecule has 0 aliphatic carbocycles. The topological polar surface area (TPSA) is 68.5 Å². The molecule has 1 aromatic heterocycles. The Morgan fingerprint density at radius 2 is 2.19 bits per heavy atom. The highest BCUT2D eigenvalue weighted by Gasteiger charge is 2.23. The number of benzene rings is 1. The van der Waals surface area contributed by atoms with E-state index in [9.17, 15) is 4.79 Å². The standard InChI is InChI=1S/C15H14ClN3O2/c16-14-12(7-11(17)8-18-14)15(20)19-5-6-21-13-4-2-1-3-10(13)9-19/h1-4,7-8H,5-6,9,17H2. The molecule has 108 valence electrons. The summed E-state index contributed by atoms with van der Waals surface area (Å²) in [6, 6.07) is 9.23. The first kappa shape index (κ1) is 13.7. The number of amides is 1. The van der Waals surface area contributed by atoms with Gasteiger partial charge >= 0.3 is 0 Å². The van der Waals surface area contributed by atoms with E-state index in [4.69, 9.17) is 22.1 Å². The highest BCUT2D eigenvalue weighted by atomic mass is 35.5. The Labute approximate surface area is 127 Å². The fourth-order valence-electron chi connectivity index (χ4n) is 2.28. The molecule has 2 N–H and O–H groups in total. The van der Waals surface area contributed by atoms with Crippen molar-refractivity contribution >= 4 is 23.2 Å². The van der Waals surface area contributed by atoms with E-state index in [0.29, 0.717) is 30.9 Å². The molecule has 1 aliphatic heterocycles. The molecule has 0 bridgehead atoms. The van der Waals surface area contributed by atoms with Gasteiger partial charge in [0.15, 0.2) is 0 Å². The van der Waals surface area contributed by atoms with Crippen molar-refractivity contribution < 1.29 is 9.53 Å². The van der Waals surface area contributed by atoms with E-state index in [1.54, 1.807) is 11.0 Å². The van der Waals surface area contributed by atoms with Gasteiger partial charge in [-0.3, -0.25) is 4.79 Å². The molecule has 0 unspecified atom stereocenters. The zero-order chi connectivity index (χ0) is 14.8. The average molecular weight is 304 g/mol. The van der Waals surface area contributed by atoms with Crippen molar-refractivity contribution in [3.8, 4) is 5.75 Å². The minimum atomic E-state index is -0.194. The summed E-state index contributed by atoms with van der Waals surface area (Å²) in [5.74, 6) is 0.615. The second-order valence-electron chi connectivity index (χ2n) is 4.79. The smallest absolute Gasteiger partial charge is 0.257 e. The van der Waals surface area contributed by atoms with Gasteiger partial charge in [-0.1, -0.05) is 29.8 Å². The minimum Gasteiger partial charge on any atom is -0.491 e. The van der Waals surface area contributed by atoms with E-state index in [2.05, 4.69) is 4.98 Å². The number of ether oxygens (including phenoxy) is 1. The molecule has 0 saturated carbocycles. The molecule has 0 saturated heterocycles. The van der Waals surface area contributed by atoms with Crippen molar-refractivity contribution in [1.82, 2.24) is 9.88 Å². The molecule has 0 spiro atoms. The third-order valence-corrected chi connectivity index (χ3v) is 3.63. The Kier molecular flexibility index (Phi) is 3.66. The van der Waals surface area contributed by atoms with Crippen molar-refractivity contribution in [3.05, 3.63) is 52.8 Å². The molecule has 2 aromatic rings. The fourth-order valence-corrected chi connectivity index (χ4v) is 2.47. The number of fused-ring (bicyclic) bond motifs is 1. The SMILES string of the molecule is Nc1cnc(Cl)c(C(=O)N2CCOc3ccccc3C2)c1. The molecule has 1 aromatic carbocycles. The Hall–Kier alpha value is -2.27. The highest BCUT2D eigenvalue weighted by molar-refractivity contribution is 6.32. The van der Waals surface area contributed by atoms with E-state index in [-0.39, 0.29) is 11.1 Å². The van der Waals surface area contributed by atoms with Crippen LogP contribution in [0.25, 0.3) is 0 Å². The van der Waals surface area contributed by atoms with Crippen LogP contribution in [0.3, 0.4) is 0 Å². The van der Waals surface area contributed by atoms with Crippen molar-refractivity contribution in [3.63, 3.8) is 0 Å². The van der Waals surface area contributed by atoms with Crippen LogP contribution in [0.5, 0.6) is 5.75 Å². The van der Waals surface area contributed by atoms with Gasteiger partial charge in [-0.05, 0) is 12.1 Å². The number of hydrogen-bond acceptors (Lipinski definition) is 4. The van der Waals surface area contributed by atoms with Crippen molar-refractivity contribution in [2.45, 2.75) is 6.54 Å². The van der Waals surface area contributed by atoms with Crippen LogP contribution in [0.15, 0.2) is 36.5 Å². The van der Waals surface area contributed by atoms with E-state index in [1.807, 2.05) is 24.3 Å². The molecule has 0 fully saturated rings. The summed E-state index contributed by atoms with van der Waals surface area (Å²) < 4.78 is 5.65. The van der Waals surface area contributed by atoms with Crippen LogP contribution in [-0.4, -0.2) is 28.9 Å². The number of aromatic nitrogens is 1. The first-order chi connectivity index (χ1) is 10.1. The molecule has 6 heteroatoms. The Morgan fingerprint density at radius 1 is 1.38 bits per heavy atom. The number of para-hydroxylation sites is 1. The fraction of sp³-hybridized carbons (Fsp3) is 0.200. The van der Waals surface area contributed by atoms with Gasteiger partial charge < -0.3 is 15.4 Å². The summed E-state index contributed by atoms with van der Waals surface area (Å²) in [7, 11) is 0. The van der Waals surface area contributed by atoms with Crippen molar-refractivity contribution in [2.24, 2.45) is 0 Å². The predicted octanol–water partition coefficient (Wildman–Crippen LogP) is 2.35. The molecule has 1 aliphatic rings. The lowest BCUT2D eigenvalue weighted by Gasteiger charge is -2.20. The van der Waals surface area contributed by atoms with Gasteiger partial charge in [0.25, 0.3) is 5.91 Å². The van der Waals surface area contributed by atoms with E-state index in [0.717, 1.165) is 11.3 Å². The predicted molar refractivity (Wildman–Crippen MR) is 80.3 cm³/mol. The van der Waals surface area contributed by atoms with Crippen LogP contribution < -0.4 is 10.5 Å². The molecule has 2 heterocycles. The molecule has 21 heavy (non-hydrogen) atoms. The minimum absolute atomic E-state index is 0.160. The second-order valence-corrected chi connectivity index (χ2v) is 5.15. The number of rotatable bonds is 1. The van der Waals surface area contributed by atoms with Gasteiger partial charge in [0.1, 0.15) is 17.5 Å². The number of nitrogens with two attached hydrogens (primary N) is 1. The summed E-state index contributed by atoms with van der Waals surface area (Å²) in [5.41, 5.74) is 7.38. The van der Waals surface area contributed by atoms with Crippen LogP contribution in [0.1, 0.15) is 15.9 Å². The maximum Gasteiger partial charge on any atom is 0.257 e. The quantitative estimate of drug-likeness (QED) is 0.821. The van der Waals surface area contributed by atoms with Gasteiger partial charge in [0.05, 0.1) is 24.0 Å². The molecule has 5 nitrogen and oxygen atoms in total. The number of halogens is 1. The number of carbonyl (C=O) groups excluding carboxylic acids is 1. The maximum absolute atomic E-state index is 12.6. The first-order valence-corrected chi connectivity index (χ1v) is 6.94. The second kappa shape index (κ2) is 5.61.